The van der Waals surface area contributed by atoms with Gasteiger partial charge in [-0.2, -0.15) is 0 Å². The van der Waals surface area contributed by atoms with Crippen LogP contribution in [0.15, 0.2) is 48.5 Å². The first-order valence-corrected chi connectivity index (χ1v) is 5.97. The summed E-state index contributed by atoms with van der Waals surface area (Å²) in [5.74, 6) is 0. The molecule has 0 atom stereocenters. The maximum atomic E-state index is 5.84. The second-order valence-corrected chi connectivity index (χ2v) is 3.76. The van der Waals surface area contributed by atoms with Crippen molar-refractivity contribution in [2.75, 3.05) is 0 Å². The number of benzene rings is 2. The summed E-state index contributed by atoms with van der Waals surface area (Å²) >= 11 is 5.84. The van der Waals surface area contributed by atoms with E-state index in [0.29, 0.717) is 0 Å². The zero-order chi connectivity index (χ0) is 12.0. The summed E-state index contributed by atoms with van der Waals surface area (Å²) in [5, 5.41) is 0.780. The quantitative estimate of drug-likeness (QED) is 0.623. The van der Waals surface area contributed by atoms with E-state index in [2.05, 4.69) is 31.2 Å². The second-order valence-electron chi connectivity index (χ2n) is 3.32. The van der Waals surface area contributed by atoms with Crippen molar-refractivity contribution in [1.29, 1.82) is 0 Å². The molecule has 0 nitrogen and oxygen atoms in total. The third-order valence-corrected chi connectivity index (χ3v) is 2.55. The Hall–Kier alpha value is -1.27. The number of aryl methyl sites for hydroxylation is 1. The molecule has 2 aromatic carbocycles. The highest BCUT2D eigenvalue weighted by atomic mass is 35.5. The average Bonchev–Trinajstić information content (AvgIpc) is 2.34. The Morgan fingerprint density at radius 3 is 1.94 bits per heavy atom. The standard InChI is InChI=1S/C13H11Cl.C2H6/c1-10-4-2-3-5-13(10)11-6-8-12(14)9-7-11;1-2/h2-9H,1H3;1-2H3. The van der Waals surface area contributed by atoms with E-state index in [0.717, 1.165) is 5.02 Å². The van der Waals surface area contributed by atoms with Gasteiger partial charge in [-0.15, -0.1) is 0 Å². The molecular weight excluding hydrogens is 216 g/mol. The van der Waals surface area contributed by atoms with E-state index in [1.54, 1.807) is 0 Å². The van der Waals surface area contributed by atoms with Crippen LogP contribution in [0, 0.1) is 6.92 Å². The minimum Gasteiger partial charge on any atom is -0.0843 e. The molecule has 0 aromatic heterocycles. The van der Waals surface area contributed by atoms with Gasteiger partial charge in [0, 0.05) is 5.02 Å². The largest absolute Gasteiger partial charge is 0.0843 e. The number of hydrogen-bond acceptors (Lipinski definition) is 0. The van der Waals surface area contributed by atoms with Crippen molar-refractivity contribution in [1.82, 2.24) is 0 Å². The summed E-state index contributed by atoms with van der Waals surface area (Å²) in [6, 6.07) is 16.3. The van der Waals surface area contributed by atoms with Gasteiger partial charge in [0.05, 0.1) is 0 Å². The van der Waals surface area contributed by atoms with Crippen LogP contribution in [0.5, 0.6) is 0 Å². The molecule has 0 aliphatic carbocycles. The first-order valence-electron chi connectivity index (χ1n) is 5.59. The van der Waals surface area contributed by atoms with Crippen LogP contribution in [0.2, 0.25) is 5.02 Å². The highest BCUT2D eigenvalue weighted by molar-refractivity contribution is 6.30. The molecule has 0 saturated carbocycles. The summed E-state index contributed by atoms with van der Waals surface area (Å²) in [4.78, 5) is 0. The average molecular weight is 233 g/mol. The zero-order valence-corrected chi connectivity index (χ0v) is 10.8. The first kappa shape index (κ1) is 12.8. The van der Waals surface area contributed by atoms with Crippen LogP contribution < -0.4 is 0 Å². The van der Waals surface area contributed by atoms with Crippen molar-refractivity contribution in [3.05, 3.63) is 59.1 Å². The van der Waals surface area contributed by atoms with E-state index >= 15 is 0 Å². The SMILES string of the molecule is CC.Cc1ccccc1-c1ccc(Cl)cc1. The third kappa shape index (κ3) is 3.11. The van der Waals surface area contributed by atoms with E-state index in [4.69, 9.17) is 11.6 Å². The third-order valence-electron chi connectivity index (χ3n) is 2.30. The predicted molar refractivity (Wildman–Crippen MR) is 73.0 cm³/mol. The molecule has 2 rings (SSSR count). The Morgan fingerprint density at radius 1 is 0.812 bits per heavy atom. The van der Waals surface area contributed by atoms with Crippen molar-refractivity contribution < 1.29 is 0 Å². The zero-order valence-electron chi connectivity index (χ0n) is 10.00. The molecule has 0 spiro atoms. The minimum atomic E-state index is 0.780. The van der Waals surface area contributed by atoms with E-state index in [1.807, 2.05) is 38.1 Å². The summed E-state index contributed by atoms with van der Waals surface area (Å²) in [6.45, 7) is 6.12. The van der Waals surface area contributed by atoms with Crippen LogP contribution in [0.3, 0.4) is 0 Å². The van der Waals surface area contributed by atoms with Gasteiger partial charge < -0.3 is 0 Å². The van der Waals surface area contributed by atoms with Crippen LogP contribution in [-0.2, 0) is 0 Å². The molecule has 0 unspecified atom stereocenters. The van der Waals surface area contributed by atoms with Crippen molar-refractivity contribution in [3.63, 3.8) is 0 Å². The maximum Gasteiger partial charge on any atom is 0.0406 e. The first-order chi connectivity index (χ1) is 7.77. The molecular formula is C15H17Cl. The molecule has 0 amide bonds. The summed E-state index contributed by atoms with van der Waals surface area (Å²) < 4.78 is 0. The van der Waals surface area contributed by atoms with Crippen molar-refractivity contribution in [3.8, 4) is 11.1 Å². The van der Waals surface area contributed by atoms with Gasteiger partial charge >= 0.3 is 0 Å². The smallest absolute Gasteiger partial charge is 0.0406 e. The molecule has 0 heterocycles. The van der Waals surface area contributed by atoms with E-state index in [-0.39, 0.29) is 0 Å². The molecule has 1 heteroatoms. The fourth-order valence-electron chi connectivity index (χ4n) is 1.53. The van der Waals surface area contributed by atoms with Crippen LogP contribution in [0.25, 0.3) is 11.1 Å². The fourth-order valence-corrected chi connectivity index (χ4v) is 1.65. The molecule has 2 aromatic rings. The Labute approximate surface area is 103 Å². The van der Waals surface area contributed by atoms with Gasteiger partial charge in [0.1, 0.15) is 0 Å². The summed E-state index contributed by atoms with van der Waals surface area (Å²) in [5.41, 5.74) is 3.77. The highest BCUT2D eigenvalue weighted by Crippen LogP contribution is 2.24. The molecule has 0 bridgehead atoms. The second kappa shape index (κ2) is 6.34. The van der Waals surface area contributed by atoms with Crippen molar-refractivity contribution in [2.45, 2.75) is 20.8 Å². The summed E-state index contributed by atoms with van der Waals surface area (Å²) in [6.07, 6.45) is 0. The van der Waals surface area contributed by atoms with Crippen molar-refractivity contribution >= 4 is 11.6 Å². The van der Waals surface area contributed by atoms with Crippen LogP contribution >= 0.6 is 11.6 Å². The van der Waals surface area contributed by atoms with Crippen LogP contribution in [0.4, 0.5) is 0 Å². The molecule has 0 aliphatic heterocycles. The number of rotatable bonds is 1. The van der Waals surface area contributed by atoms with E-state index < -0.39 is 0 Å². The van der Waals surface area contributed by atoms with Crippen LogP contribution in [0.1, 0.15) is 19.4 Å². The Bertz CT molecular complexity index is 429. The predicted octanol–water partition coefficient (Wildman–Crippen LogP) is 5.34. The lowest BCUT2D eigenvalue weighted by molar-refractivity contribution is 1.46. The fraction of sp³-hybridized carbons (Fsp3) is 0.200. The topological polar surface area (TPSA) is 0 Å². The van der Waals surface area contributed by atoms with Gasteiger partial charge in [0.25, 0.3) is 0 Å². The van der Waals surface area contributed by atoms with Crippen molar-refractivity contribution in [2.24, 2.45) is 0 Å². The summed E-state index contributed by atoms with van der Waals surface area (Å²) in [7, 11) is 0. The van der Waals surface area contributed by atoms with Gasteiger partial charge in [-0.3, -0.25) is 0 Å². The molecule has 0 fully saturated rings. The van der Waals surface area contributed by atoms with E-state index in [1.165, 1.54) is 16.7 Å². The maximum absolute atomic E-state index is 5.84. The lowest BCUT2D eigenvalue weighted by Gasteiger charge is -2.05. The molecule has 0 radical (unpaired) electrons. The Balaban J connectivity index is 0.000000606. The van der Waals surface area contributed by atoms with Gasteiger partial charge in [-0.1, -0.05) is 61.8 Å². The number of halogens is 1. The molecule has 0 aliphatic rings. The molecule has 84 valence electrons. The molecule has 0 saturated heterocycles. The lowest BCUT2D eigenvalue weighted by Crippen LogP contribution is -1.81. The van der Waals surface area contributed by atoms with Gasteiger partial charge in [-0.25, -0.2) is 0 Å². The molecule has 0 N–H and O–H groups in total. The van der Waals surface area contributed by atoms with Crippen LogP contribution in [-0.4, -0.2) is 0 Å². The normalized spacial score (nSPS) is 9.25. The Morgan fingerprint density at radius 2 is 1.38 bits per heavy atom. The lowest BCUT2D eigenvalue weighted by atomic mass is 10.0. The van der Waals surface area contributed by atoms with Gasteiger partial charge in [0.2, 0.25) is 0 Å². The molecule has 16 heavy (non-hydrogen) atoms. The van der Waals surface area contributed by atoms with Gasteiger partial charge in [0.15, 0.2) is 0 Å². The van der Waals surface area contributed by atoms with Gasteiger partial charge in [-0.05, 0) is 35.7 Å². The Kier molecular flexibility index (Phi) is 5.07. The minimum absolute atomic E-state index is 0.780. The number of hydrogen-bond donors (Lipinski definition) is 0. The highest BCUT2D eigenvalue weighted by Gasteiger charge is 1.99. The van der Waals surface area contributed by atoms with E-state index in [9.17, 15) is 0 Å². The monoisotopic (exact) mass is 232 g/mol.